The van der Waals surface area contributed by atoms with Crippen LogP contribution in [-0.4, -0.2) is 55.5 Å². The predicted molar refractivity (Wildman–Crippen MR) is 77.8 cm³/mol. The Morgan fingerprint density at radius 3 is 3.04 bits per heavy atom. The summed E-state index contributed by atoms with van der Waals surface area (Å²) < 4.78 is 7.49. The van der Waals surface area contributed by atoms with Gasteiger partial charge in [0.1, 0.15) is 24.2 Å². The molecular formula is C15H15N5O3. The molecule has 8 nitrogen and oxygen atoms in total. The number of aromatic nitrogens is 4. The van der Waals surface area contributed by atoms with Gasteiger partial charge in [0.2, 0.25) is 5.91 Å². The second-order valence-electron chi connectivity index (χ2n) is 5.95. The zero-order chi connectivity index (χ0) is 15.9. The molecule has 1 saturated heterocycles. The maximum absolute atomic E-state index is 12.4. The van der Waals surface area contributed by atoms with E-state index in [1.165, 1.54) is 11.0 Å². The van der Waals surface area contributed by atoms with Crippen LogP contribution >= 0.6 is 0 Å². The van der Waals surface area contributed by atoms with Gasteiger partial charge >= 0.3 is 0 Å². The highest BCUT2D eigenvalue weighted by molar-refractivity contribution is 6.00. The lowest BCUT2D eigenvalue weighted by molar-refractivity contribution is -0.131. The SMILES string of the molecule is O=C1CC2(CCN(C(=O)Cn3cnnn3)C2)Oc2ccccc21. The average molecular weight is 313 g/mol. The van der Waals surface area contributed by atoms with Crippen LogP contribution in [0.2, 0.25) is 0 Å². The monoisotopic (exact) mass is 313 g/mol. The maximum Gasteiger partial charge on any atom is 0.244 e. The molecule has 118 valence electrons. The lowest BCUT2D eigenvalue weighted by Gasteiger charge is -2.34. The predicted octanol–water partition coefficient (Wildman–Crippen LogP) is 0.310. The van der Waals surface area contributed by atoms with Crippen LogP contribution < -0.4 is 4.74 Å². The minimum atomic E-state index is -0.609. The minimum Gasteiger partial charge on any atom is -0.484 e. The van der Waals surface area contributed by atoms with Crippen LogP contribution in [-0.2, 0) is 11.3 Å². The van der Waals surface area contributed by atoms with Crippen molar-refractivity contribution in [2.75, 3.05) is 13.1 Å². The normalized spacial score (nSPS) is 23.0. The molecule has 1 spiro atoms. The van der Waals surface area contributed by atoms with Crippen molar-refractivity contribution in [3.05, 3.63) is 36.2 Å². The molecule has 0 N–H and O–H groups in total. The number of nitrogens with zero attached hydrogens (tertiary/aromatic N) is 5. The summed E-state index contributed by atoms with van der Waals surface area (Å²) in [6.45, 7) is 1.07. The van der Waals surface area contributed by atoms with Crippen LogP contribution in [0.5, 0.6) is 5.75 Å². The van der Waals surface area contributed by atoms with Crippen LogP contribution in [0.4, 0.5) is 0 Å². The molecule has 1 fully saturated rings. The zero-order valence-electron chi connectivity index (χ0n) is 12.4. The van der Waals surface area contributed by atoms with Crippen LogP contribution in [0, 0.1) is 0 Å². The van der Waals surface area contributed by atoms with Crippen LogP contribution in [0.15, 0.2) is 30.6 Å². The van der Waals surface area contributed by atoms with E-state index in [9.17, 15) is 9.59 Å². The number of hydrogen-bond donors (Lipinski definition) is 0. The molecule has 1 unspecified atom stereocenters. The van der Waals surface area contributed by atoms with E-state index in [0.29, 0.717) is 37.2 Å². The largest absolute Gasteiger partial charge is 0.484 e. The Bertz CT molecular complexity index is 760. The third kappa shape index (κ3) is 2.45. The van der Waals surface area contributed by atoms with E-state index in [0.717, 1.165) is 0 Å². The van der Waals surface area contributed by atoms with Gasteiger partial charge in [-0.1, -0.05) is 12.1 Å². The van der Waals surface area contributed by atoms with E-state index in [1.807, 2.05) is 12.1 Å². The van der Waals surface area contributed by atoms with Gasteiger partial charge in [0.05, 0.1) is 18.5 Å². The number of tetrazole rings is 1. The molecule has 0 radical (unpaired) electrons. The molecule has 2 aliphatic heterocycles. The van der Waals surface area contributed by atoms with E-state index >= 15 is 0 Å². The van der Waals surface area contributed by atoms with Gasteiger partial charge in [0.25, 0.3) is 0 Å². The first kappa shape index (κ1) is 13.9. The Balaban J connectivity index is 1.50. The van der Waals surface area contributed by atoms with Gasteiger partial charge in [0.15, 0.2) is 5.78 Å². The molecule has 3 heterocycles. The van der Waals surface area contributed by atoms with Crippen molar-refractivity contribution < 1.29 is 14.3 Å². The molecule has 1 atom stereocenters. The number of para-hydroxylation sites is 1. The smallest absolute Gasteiger partial charge is 0.244 e. The number of ketones is 1. The molecule has 23 heavy (non-hydrogen) atoms. The first-order chi connectivity index (χ1) is 11.2. The molecule has 2 aromatic rings. The third-order valence-corrected chi connectivity index (χ3v) is 4.35. The fourth-order valence-corrected chi connectivity index (χ4v) is 3.22. The van der Waals surface area contributed by atoms with Crippen molar-refractivity contribution in [1.29, 1.82) is 0 Å². The molecule has 0 saturated carbocycles. The number of rotatable bonds is 2. The van der Waals surface area contributed by atoms with Crippen molar-refractivity contribution in [1.82, 2.24) is 25.1 Å². The fraction of sp³-hybridized carbons (Fsp3) is 0.400. The second-order valence-corrected chi connectivity index (χ2v) is 5.95. The Labute approximate surface area is 132 Å². The topological polar surface area (TPSA) is 90.2 Å². The molecule has 1 aromatic carbocycles. The van der Waals surface area contributed by atoms with Crippen molar-refractivity contribution in [2.24, 2.45) is 0 Å². The van der Waals surface area contributed by atoms with Gasteiger partial charge in [-0.3, -0.25) is 9.59 Å². The number of carbonyl (C=O) groups is 2. The summed E-state index contributed by atoms with van der Waals surface area (Å²) in [6.07, 6.45) is 2.35. The van der Waals surface area contributed by atoms with Gasteiger partial charge in [-0.05, 0) is 22.6 Å². The third-order valence-electron chi connectivity index (χ3n) is 4.35. The summed E-state index contributed by atoms with van der Waals surface area (Å²) in [6, 6.07) is 7.26. The zero-order valence-corrected chi connectivity index (χ0v) is 12.4. The number of ether oxygens (including phenoxy) is 1. The van der Waals surface area contributed by atoms with Gasteiger partial charge in [-0.15, -0.1) is 5.10 Å². The Hall–Kier alpha value is -2.77. The van der Waals surface area contributed by atoms with Crippen LogP contribution in [0.25, 0.3) is 0 Å². The quantitative estimate of drug-likeness (QED) is 0.792. The lowest BCUT2D eigenvalue weighted by atomic mass is 9.89. The molecule has 4 rings (SSSR count). The first-order valence-corrected chi connectivity index (χ1v) is 7.45. The summed E-state index contributed by atoms with van der Waals surface area (Å²) in [5.41, 5.74) is 0.0124. The Kier molecular flexibility index (Phi) is 3.10. The summed E-state index contributed by atoms with van der Waals surface area (Å²) in [5.74, 6) is 0.601. The average Bonchev–Trinajstić information content (AvgIpc) is 3.18. The molecule has 8 heteroatoms. The standard InChI is InChI=1S/C15H15N5O3/c21-12-7-15(23-13-4-2-1-3-11(12)13)5-6-19(9-15)14(22)8-20-10-16-17-18-20/h1-4,10H,5-9H2. The highest BCUT2D eigenvalue weighted by Gasteiger charge is 2.46. The van der Waals surface area contributed by atoms with E-state index in [1.54, 1.807) is 17.0 Å². The fourth-order valence-electron chi connectivity index (χ4n) is 3.22. The highest BCUT2D eigenvalue weighted by atomic mass is 16.5. The highest BCUT2D eigenvalue weighted by Crippen LogP contribution is 2.38. The maximum atomic E-state index is 12.4. The van der Waals surface area contributed by atoms with E-state index in [-0.39, 0.29) is 18.2 Å². The number of carbonyl (C=O) groups excluding carboxylic acids is 2. The molecule has 1 aromatic heterocycles. The van der Waals surface area contributed by atoms with Gasteiger partial charge in [-0.25, -0.2) is 4.68 Å². The van der Waals surface area contributed by atoms with Crippen molar-refractivity contribution >= 4 is 11.7 Å². The summed E-state index contributed by atoms with van der Waals surface area (Å²) in [5, 5.41) is 10.7. The number of fused-ring (bicyclic) bond motifs is 1. The number of Topliss-reactive ketones (excluding diaryl/α,β-unsaturated/α-hetero) is 1. The summed E-state index contributed by atoms with van der Waals surface area (Å²) in [4.78, 5) is 26.4. The molecule has 1 amide bonds. The molecule has 0 bridgehead atoms. The minimum absolute atomic E-state index is 0.0709. The number of likely N-dealkylation sites (tertiary alicyclic amines) is 1. The molecule has 2 aliphatic rings. The number of amides is 1. The van der Waals surface area contributed by atoms with E-state index in [2.05, 4.69) is 15.5 Å². The van der Waals surface area contributed by atoms with E-state index < -0.39 is 5.60 Å². The number of hydrogen-bond acceptors (Lipinski definition) is 6. The van der Waals surface area contributed by atoms with Crippen LogP contribution in [0.1, 0.15) is 23.2 Å². The van der Waals surface area contributed by atoms with Crippen molar-refractivity contribution in [3.8, 4) is 5.75 Å². The number of benzene rings is 1. The molecular weight excluding hydrogens is 298 g/mol. The van der Waals surface area contributed by atoms with Gasteiger partial charge < -0.3 is 9.64 Å². The van der Waals surface area contributed by atoms with Crippen LogP contribution in [0.3, 0.4) is 0 Å². The Morgan fingerprint density at radius 1 is 1.35 bits per heavy atom. The second kappa shape index (κ2) is 5.15. The first-order valence-electron chi connectivity index (χ1n) is 7.45. The van der Waals surface area contributed by atoms with Gasteiger partial charge in [-0.2, -0.15) is 0 Å². The summed E-state index contributed by atoms with van der Waals surface area (Å²) >= 11 is 0. The van der Waals surface area contributed by atoms with E-state index in [4.69, 9.17) is 4.74 Å². The lowest BCUT2D eigenvalue weighted by Crippen LogP contribution is -2.45. The van der Waals surface area contributed by atoms with Gasteiger partial charge in [0, 0.05) is 13.0 Å². The Morgan fingerprint density at radius 2 is 2.22 bits per heavy atom. The van der Waals surface area contributed by atoms with Crippen molar-refractivity contribution in [3.63, 3.8) is 0 Å². The van der Waals surface area contributed by atoms with Crippen molar-refractivity contribution in [2.45, 2.75) is 25.0 Å². The molecule has 0 aliphatic carbocycles. The summed E-state index contributed by atoms with van der Waals surface area (Å²) in [7, 11) is 0.